The van der Waals surface area contributed by atoms with Crippen LogP contribution in [-0.4, -0.2) is 18.9 Å². The van der Waals surface area contributed by atoms with Gasteiger partial charge in [0.1, 0.15) is 5.78 Å². The molecular formula is C8H13NO. The Labute approximate surface area is 61.0 Å². The Hall–Kier alpha value is -0.370. The molecule has 1 aliphatic heterocycles. The summed E-state index contributed by atoms with van der Waals surface area (Å²) < 4.78 is 0. The lowest BCUT2D eigenvalue weighted by molar-refractivity contribution is -0.124. The number of Topliss-reactive ketones (excluding diaryl/α,β-unsaturated/α-hetero) is 1. The van der Waals surface area contributed by atoms with Gasteiger partial charge in [-0.3, -0.25) is 4.79 Å². The standard InChI is InChI=1S/C8H13NO/c10-7-2-1-3-8(7)4-5-9-6-8/h9H,1-6H2. The Balaban J connectivity index is 2.19. The van der Waals surface area contributed by atoms with Gasteiger partial charge in [0.2, 0.25) is 0 Å². The molecule has 2 nitrogen and oxygen atoms in total. The minimum absolute atomic E-state index is 0.0972. The highest BCUT2D eigenvalue weighted by molar-refractivity contribution is 5.87. The van der Waals surface area contributed by atoms with E-state index < -0.39 is 0 Å². The molecule has 2 heteroatoms. The van der Waals surface area contributed by atoms with Gasteiger partial charge in [0.15, 0.2) is 0 Å². The zero-order valence-electron chi connectivity index (χ0n) is 6.15. The van der Waals surface area contributed by atoms with Crippen LogP contribution >= 0.6 is 0 Å². The van der Waals surface area contributed by atoms with Crippen LogP contribution in [-0.2, 0) is 4.79 Å². The lowest BCUT2D eigenvalue weighted by atomic mass is 9.85. The number of rotatable bonds is 0. The summed E-state index contributed by atoms with van der Waals surface area (Å²) in [5, 5.41) is 3.26. The van der Waals surface area contributed by atoms with Gasteiger partial charge >= 0.3 is 0 Å². The summed E-state index contributed by atoms with van der Waals surface area (Å²) in [6, 6.07) is 0. The number of nitrogens with one attached hydrogen (secondary N) is 1. The molecule has 0 aromatic heterocycles. The molecule has 56 valence electrons. The molecule has 0 amide bonds. The Bertz CT molecular complexity index is 153. The Morgan fingerprint density at radius 1 is 1.40 bits per heavy atom. The van der Waals surface area contributed by atoms with Gasteiger partial charge in [0, 0.05) is 18.4 Å². The predicted molar refractivity (Wildman–Crippen MR) is 38.8 cm³/mol. The Kier molecular flexibility index (Phi) is 1.31. The molecule has 0 radical (unpaired) electrons. The molecule has 1 saturated carbocycles. The SMILES string of the molecule is O=C1CCCC12CCNC2. The quantitative estimate of drug-likeness (QED) is 0.535. The first-order valence-corrected chi connectivity index (χ1v) is 4.08. The van der Waals surface area contributed by atoms with E-state index in [1.165, 1.54) is 0 Å². The summed E-state index contributed by atoms with van der Waals surface area (Å²) in [5.74, 6) is 0.512. The molecule has 10 heavy (non-hydrogen) atoms. The highest BCUT2D eigenvalue weighted by Gasteiger charge is 2.43. The first-order valence-electron chi connectivity index (χ1n) is 4.08. The van der Waals surface area contributed by atoms with Gasteiger partial charge in [-0.1, -0.05) is 0 Å². The van der Waals surface area contributed by atoms with E-state index in [2.05, 4.69) is 5.32 Å². The summed E-state index contributed by atoms with van der Waals surface area (Å²) in [5.41, 5.74) is 0.0972. The van der Waals surface area contributed by atoms with Crippen molar-refractivity contribution < 1.29 is 4.79 Å². The number of ketones is 1. The van der Waals surface area contributed by atoms with Crippen molar-refractivity contribution in [2.75, 3.05) is 13.1 Å². The second kappa shape index (κ2) is 2.06. The molecule has 1 atom stereocenters. The van der Waals surface area contributed by atoms with Gasteiger partial charge in [0.05, 0.1) is 0 Å². The number of hydrogen-bond donors (Lipinski definition) is 1. The Morgan fingerprint density at radius 3 is 2.80 bits per heavy atom. The lowest BCUT2D eigenvalue weighted by Crippen LogP contribution is -2.27. The van der Waals surface area contributed by atoms with Crippen LogP contribution in [0.5, 0.6) is 0 Å². The van der Waals surface area contributed by atoms with Crippen LogP contribution in [0.3, 0.4) is 0 Å². The van der Waals surface area contributed by atoms with E-state index in [4.69, 9.17) is 0 Å². The van der Waals surface area contributed by atoms with Gasteiger partial charge in [-0.25, -0.2) is 0 Å². The van der Waals surface area contributed by atoms with Crippen molar-refractivity contribution in [1.82, 2.24) is 5.32 Å². The third kappa shape index (κ3) is 0.717. The third-order valence-corrected chi connectivity index (χ3v) is 2.89. The molecule has 0 bridgehead atoms. The van der Waals surface area contributed by atoms with Crippen molar-refractivity contribution in [3.63, 3.8) is 0 Å². The van der Waals surface area contributed by atoms with Crippen molar-refractivity contribution in [3.05, 3.63) is 0 Å². The first kappa shape index (κ1) is 6.35. The van der Waals surface area contributed by atoms with E-state index in [1.807, 2.05) is 0 Å². The molecule has 1 unspecified atom stereocenters. The molecule has 2 fully saturated rings. The molecule has 1 N–H and O–H groups in total. The first-order chi connectivity index (χ1) is 4.83. The van der Waals surface area contributed by atoms with Crippen molar-refractivity contribution in [3.8, 4) is 0 Å². The van der Waals surface area contributed by atoms with Crippen molar-refractivity contribution in [2.24, 2.45) is 5.41 Å². The number of carbonyl (C=O) groups is 1. The van der Waals surface area contributed by atoms with E-state index in [-0.39, 0.29) is 5.41 Å². The summed E-state index contributed by atoms with van der Waals surface area (Å²) in [4.78, 5) is 11.4. The van der Waals surface area contributed by atoms with Crippen LogP contribution in [0.15, 0.2) is 0 Å². The highest BCUT2D eigenvalue weighted by atomic mass is 16.1. The summed E-state index contributed by atoms with van der Waals surface area (Å²) in [7, 11) is 0. The smallest absolute Gasteiger partial charge is 0.140 e. The predicted octanol–water partition coefficient (Wildman–Crippen LogP) is 0.719. The van der Waals surface area contributed by atoms with Crippen molar-refractivity contribution in [2.45, 2.75) is 25.7 Å². The fourth-order valence-electron chi connectivity index (χ4n) is 2.19. The highest BCUT2D eigenvalue weighted by Crippen LogP contribution is 2.39. The van der Waals surface area contributed by atoms with Crippen LogP contribution in [0.1, 0.15) is 25.7 Å². The normalized spacial score (nSPS) is 39.8. The van der Waals surface area contributed by atoms with Crippen molar-refractivity contribution in [1.29, 1.82) is 0 Å². The van der Waals surface area contributed by atoms with E-state index >= 15 is 0 Å². The lowest BCUT2D eigenvalue weighted by Gasteiger charge is -2.17. The molecular weight excluding hydrogens is 126 g/mol. The average Bonchev–Trinajstić information content (AvgIpc) is 2.48. The second-order valence-electron chi connectivity index (χ2n) is 3.48. The number of carbonyl (C=O) groups excluding carboxylic acids is 1. The van der Waals surface area contributed by atoms with Crippen LogP contribution in [0.4, 0.5) is 0 Å². The third-order valence-electron chi connectivity index (χ3n) is 2.89. The fraction of sp³-hybridized carbons (Fsp3) is 0.875. The van der Waals surface area contributed by atoms with E-state index in [1.54, 1.807) is 0 Å². The monoisotopic (exact) mass is 139 g/mol. The molecule has 0 aromatic carbocycles. The van der Waals surface area contributed by atoms with Gasteiger partial charge in [-0.2, -0.15) is 0 Å². The van der Waals surface area contributed by atoms with Crippen molar-refractivity contribution >= 4 is 5.78 Å². The zero-order chi connectivity index (χ0) is 7.03. The van der Waals surface area contributed by atoms with Crippen LogP contribution in [0, 0.1) is 5.41 Å². The average molecular weight is 139 g/mol. The fourth-order valence-corrected chi connectivity index (χ4v) is 2.19. The summed E-state index contributed by atoms with van der Waals surface area (Å²) in [6.07, 6.45) is 4.19. The maximum absolute atomic E-state index is 11.4. The van der Waals surface area contributed by atoms with Gasteiger partial charge in [0.25, 0.3) is 0 Å². The maximum Gasteiger partial charge on any atom is 0.140 e. The zero-order valence-corrected chi connectivity index (χ0v) is 6.15. The molecule has 1 spiro atoms. The molecule has 2 rings (SSSR count). The van der Waals surface area contributed by atoms with Gasteiger partial charge in [-0.05, 0) is 25.8 Å². The second-order valence-corrected chi connectivity index (χ2v) is 3.48. The van der Waals surface area contributed by atoms with Crippen LogP contribution < -0.4 is 5.32 Å². The largest absolute Gasteiger partial charge is 0.316 e. The minimum atomic E-state index is 0.0972. The summed E-state index contributed by atoms with van der Waals surface area (Å²) >= 11 is 0. The van der Waals surface area contributed by atoms with E-state index in [0.717, 1.165) is 38.8 Å². The van der Waals surface area contributed by atoms with Crippen LogP contribution in [0.2, 0.25) is 0 Å². The molecule has 0 aromatic rings. The van der Waals surface area contributed by atoms with E-state index in [0.29, 0.717) is 5.78 Å². The summed E-state index contributed by atoms with van der Waals surface area (Å²) in [6.45, 7) is 2.00. The van der Waals surface area contributed by atoms with Gasteiger partial charge in [-0.15, -0.1) is 0 Å². The van der Waals surface area contributed by atoms with E-state index in [9.17, 15) is 4.79 Å². The molecule has 2 aliphatic rings. The number of hydrogen-bond acceptors (Lipinski definition) is 2. The maximum atomic E-state index is 11.4. The molecule has 1 saturated heterocycles. The molecule has 1 heterocycles. The Morgan fingerprint density at radius 2 is 2.30 bits per heavy atom. The van der Waals surface area contributed by atoms with Gasteiger partial charge < -0.3 is 5.32 Å². The van der Waals surface area contributed by atoms with Crippen LogP contribution in [0.25, 0.3) is 0 Å². The topological polar surface area (TPSA) is 29.1 Å². The minimum Gasteiger partial charge on any atom is -0.316 e. The molecule has 1 aliphatic carbocycles.